The van der Waals surface area contributed by atoms with Crippen LogP contribution in [0.3, 0.4) is 0 Å². The summed E-state index contributed by atoms with van der Waals surface area (Å²) in [6.45, 7) is 19.3. The Bertz CT molecular complexity index is 723. The van der Waals surface area contributed by atoms with E-state index in [0.717, 1.165) is 16.7 Å². The Hall–Kier alpha value is -1.61. The first kappa shape index (κ1) is 22.4. The molecule has 2 N–H and O–H groups in total. The Morgan fingerprint density at radius 2 is 1.75 bits per heavy atom. The Balaban J connectivity index is 0.00000254. The fourth-order valence-corrected chi connectivity index (χ4v) is 2.85. The Morgan fingerprint density at radius 3 is 2.17 bits per heavy atom. The molecule has 3 heteroatoms. The van der Waals surface area contributed by atoms with Gasteiger partial charge in [-0.2, -0.15) is 0 Å². The monoisotopic (exact) mass is 346 g/mol. The molecule has 0 atom stereocenters. The highest BCUT2D eigenvalue weighted by molar-refractivity contribution is 7.07. The third-order valence-corrected chi connectivity index (χ3v) is 4.47. The standard InChI is InChI=1S/C19H30N2S.C2H4/c1-18(2,3)11-10-14-8-9-16(22-17(14)21-7)12-15(13-20)19(4,5)6;1-2/h8-10,12-13H,11,20H2,1-7H3;1-2H2/b14-10-,15-13+,16-12-,21-17?;. The van der Waals surface area contributed by atoms with E-state index in [-0.39, 0.29) is 5.41 Å². The van der Waals surface area contributed by atoms with E-state index in [1.165, 1.54) is 9.75 Å². The Labute approximate surface area is 151 Å². The maximum atomic E-state index is 5.78. The van der Waals surface area contributed by atoms with Gasteiger partial charge in [0.2, 0.25) is 0 Å². The van der Waals surface area contributed by atoms with E-state index in [0.29, 0.717) is 5.41 Å². The molecular formula is C21H34N2S. The molecule has 0 aromatic carbocycles. The predicted molar refractivity (Wildman–Crippen MR) is 111 cm³/mol. The van der Waals surface area contributed by atoms with E-state index in [4.69, 9.17) is 5.73 Å². The second-order valence-corrected chi connectivity index (χ2v) is 8.87. The molecule has 0 radical (unpaired) electrons. The highest BCUT2D eigenvalue weighted by Gasteiger charge is 2.14. The smallest absolute Gasteiger partial charge is 0.117 e. The van der Waals surface area contributed by atoms with Crippen LogP contribution in [0.15, 0.2) is 42.1 Å². The van der Waals surface area contributed by atoms with Crippen LogP contribution < -0.4 is 20.2 Å². The summed E-state index contributed by atoms with van der Waals surface area (Å²) >= 11 is 1.71. The minimum absolute atomic E-state index is 0.0437. The van der Waals surface area contributed by atoms with Crippen LogP contribution in [-0.2, 0) is 0 Å². The van der Waals surface area contributed by atoms with E-state index in [1.807, 2.05) is 7.05 Å². The average molecular weight is 347 g/mol. The van der Waals surface area contributed by atoms with Crippen molar-refractivity contribution < 1.29 is 0 Å². The third-order valence-electron chi connectivity index (χ3n) is 3.37. The third kappa shape index (κ3) is 7.78. The van der Waals surface area contributed by atoms with Crippen LogP contribution in [0.5, 0.6) is 0 Å². The van der Waals surface area contributed by atoms with Crippen molar-refractivity contribution in [3.8, 4) is 0 Å². The Morgan fingerprint density at radius 1 is 1.17 bits per heavy atom. The molecule has 2 nitrogen and oxygen atoms in total. The summed E-state index contributed by atoms with van der Waals surface area (Å²) in [5.74, 6) is 0. The van der Waals surface area contributed by atoms with Crippen LogP contribution in [0.2, 0.25) is 0 Å². The second kappa shape index (κ2) is 9.63. The van der Waals surface area contributed by atoms with E-state index < -0.39 is 0 Å². The van der Waals surface area contributed by atoms with Gasteiger partial charge in [-0.3, -0.25) is 4.99 Å². The van der Waals surface area contributed by atoms with E-state index in [1.54, 1.807) is 17.5 Å². The Kier molecular flexibility index (Phi) is 8.98. The van der Waals surface area contributed by atoms with Crippen LogP contribution in [-0.4, -0.2) is 7.05 Å². The molecule has 0 fully saturated rings. The molecule has 24 heavy (non-hydrogen) atoms. The molecule has 134 valence electrons. The van der Waals surface area contributed by atoms with Crippen molar-refractivity contribution in [3.63, 3.8) is 0 Å². The first-order valence-corrected chi connectivity index (χ1v) is 9.06. The molecule has 1 heterocycles. The van der Waals surface area contributed by atoms with Gasteiger partial charge in [0, 0.05) is 16.8 Å². The van der Waals surface area contributed by atoms with Crippen molar-refractivity contribution in [2.45, 2.75) is 48.0 Å². The summed E-state index contributed by atoms with van der Waals surface area (Å²) in [6, 6.07) is 4.32. The van der Waals surface area contributed by atoms with Crippen molar-refractivity contribution in [1.82, 2.24) is 0 Å². The van der Waals surface area contributed by atoms with Gasteiger partial charge in [-0.25, -0.2) is 0 Å². The van der Waals surface area contributed by atoms with Crippen LogP contribution >= 0.6 is 11.3 Å². The molecule has 1 rings (SSSR count). The summed E-state index contributed by atoms with van der Waals surface area (Å²) in [6.07, 6.45) is 7.19. The molecule has 0 unspecified atom stereocenters. The zero-order chi connectivity index (χ0) is 19.0. The molecule has 0 spiro atoms. The SMILES string of the molecule is C=C.CN=c1s/c(=C\C(=C/N)C(C)(C)C)cc/c1=C/CC(C)(C)C. The summed E-state index contributed by atoms with van der Waals surface area (Å²) in [7, 11) is 1.85. The lowest BCUT2D eigenvalue weighted by atomic mass is 9.87. The van der Waals surface area contributed by atoms with Gasteiger partial charge < -0.3 is 5.73 Å². The molecule has 0 bridgehead atoms. The molecule has 1 aromatic heterocycles. The highest BCUT2D eigenvalue weighted by atomic mass is 32.1. The zero-order valence-electron chi connectivity index (χ0n) is 16.4. The van der Waals surface area contributed by atoms with Crippen LogP contribution in [0.4, 0.5) is 0 Å². The van der Waals surface area contributed by atoms with E-state index in [2.05, 4.69) is 84.0 Å². The largest absolute Gasteiger partial charge is 0.404 e. The fraction of sp³-hybridized carbons (Fsp3) is 0.476. The number of nitrogens with zero attached hydrogens (tertiary/aromatic N) is 1. The molecule has 0 saturated carbocycles. The van der Waals surface area contributed by atoms with Gasteiger partial charge in [0.15, 0.2) is 0 Å². The lowest BCUT2D eigenvalue weighted by molar-refractivity contribution is 0.431. The topological polar surface area (TPSA) is 38.4 Å². The minimum Gasteiger partial charge on any atom is -0.404 e. The molecule has 0 amide bonds. The summed E-state index contributed by atoms with van der Waals surface area (Å²) in [5, 5.41) is 1.22. The molecule has 0 aliphatic rings. The zero-order valence-corrected chi connectivity index (χ0v) is 17.3. The van der Waals surface area contributed by atoms with Gasteiger partial charge in [-0.05, 0) is 41.2 Å². The summed E-state index contributed by atoms with van der Waals surface area (Å²) in [4.78, 5) is 4.44. The summed E-state index contributed by atoms with van der Waals surface area (Å²) in [5.41, 5.74) is 7.26. The molecule has 0 saturated heterocycles. The summed E-state index contributed by atoms with van der Waals surface area (Å²) < 4.78 is 2.25. The predicted octanol–water partition coefficient (Wildman–Crippen LogP) is 3.97. The van der Waals surface area contributed by atoms with Crippen molar-refractivity contribution >= 4 is 23.5 Å². The fourth-order valence-electron chi connectivity index (χ4n) is 1.94. The van der Waals surface area contributed by atoms with Gasteiger partial charge in [0.25, 0.3) is 0 Å². The van der Waals surface area contributed by atoms with Gasteiger partial charge in [0.1, 0.15) is 4.67 Å². The van der Waals surface area contributed by atoms with Crippen LogP contribution in [0, 0.1) is 10.8 Å². The maximum absolute atomic E-state index is 5.78. The first-order valence-electron chi connectivity index (χ1n) is 8.24. The molecular weight excluding hydrogens is 312 g/mol. The quantitative estimate of drug-likeness (QED) is 0.809. The number of rotatable bonds is 2. The van der Waals surface area contributed by atoms with E-state index in [9.17, 15) is 0 Å². The van der Waals surface area contributed by atoms with Crippen LogP contribution in [0.1, 0.15) is 48.0 Å². The van der Waals surface area contributed by atoms with Gasteiger partial charge in [0.05, 0.1) is 0 Å². The second-order valence-electron chi connectivity index (χ2n) is 7.81. The molecule has 0 aliphatic heterocycles. The number of nitrogens with two attached hydrogens (primary N) is 1. The van der Waals surface area contributed by atoms with Crippen molar-refractivity contribution in [3.05, 3.63) is 51.5 Å². The minimum atomic E-state index is 0.0437. The number of hydrogen-bond donors (Lipinski definition) is 1. The van der Waals surface area contributed by atoms with Gasteiger partial charge in [-0.15, -0.1) is 24.5 Å². The van der Waals surface area contributed by atoms with Gasteiger partial charge >= 0.3 is 0 Å². The number of allylic oxidation sites excluding steroid dienone is 1. The van der Waals surface area contributed by atoms with Crippen LogP contribution in [0.25, 0.3) is 12.2 Å². The highest BCUT2D eigenvalue weighted by Crippen LogP contribution is 2.25. The van der Waals surface area contributed by atoms with E-state index >= 15 is 0 Å². The normalized spacial score (nSPS) is 15.3. The maximum Gasteiger partial charge on any atom is 0.117 e. The van der Waals surface area contributed by atoms with Crippen molar-refractivity contribution in [2.75, 3.05) is 7.05 Å². The number of hydrogen-bond acceptors (Lipinski definition) is 3. The lowest BCUT2D eigenvalue weighted by Gasteiger charge is -2.19. The van der Waals surface area contributed by atoms with Gasteiger partial charge in [-0.1, -0.05) is 53.7 Å². The van der Waals surface area contributed by atoms with Crippen molar-refractivity contribution in [1.29, 1.82) is 0 Å². The molecule has 0 aliphatic carbocycles. The first-order chi connectivity index (χ1) is 11.1. The molecule has 1 aromatic rings. The van der Waals surface area contributed by atoms with Crippen molar-refractivity contribution in [2.24, 2.45) is 21.6 Å². The average Bonchev–Trinajstić information content (AvgIpc) is 2.51. The lowest BCUT2D eigenvalue weighted by Crippen LogP contribution is -2.26.